The van der Waals surface area contributed by atoms with Crippen molar-refractivity contribution in [3.8, 4) is 5.75 Å². The van der Waals surface area contributed by atoms with Crippen LogP contribution < -0.4 is 15.0 Å². The summed E-state index contributed by atoms with van der Waals surface area (Å²) in [7, 11) is 1.49. The summed E-state index contributed by atoms with van der Waals surface area (Å²) in [5.74, 6) is -0.939. The van der Waals surface area contributed by atoms with Crippen LogP contribution in [-0.2, 0) is 9.59 Å². The lowest BCUT2D eigenvalue weighted by Crippen LogP contribution is -2.54. The third kappa shape index (κ3) is 3.32. The SMILES string of the molecule is COc1ccc(Br)cc1/C=C1/C(=O)NC(=O)N(c2ccccc2)C1=O. The van der Waals surface area contributed by atoms with Gasteiger partial charge in [0, 0.05) is 10.0 Å². The van der Waals surface area contributed by atoms with E-state index in [0.717, 1.165) is 9.37 Å². The van der Waals surface area contributed by atoms with Gasteiger partial charge in [-0.15, -0.1) is 0 Å². The molecule has 3 rings (SSSR count). The van der Waals surface area contributed by atoms with Crippen molar-refractivity contribution in [2.24, 2.45) is 0 Å². The molecular weight excluding hydrogens is 388 g/mol. The summed E-state index contributed by atoms with van der Waals surface area (Å²) in [5, 5.41) is 2.19. The number of rotatable bonds is 3. The molecule has 1 heterocycles. The highest BCUT2D eigenvalue weighted by Crippen LogP contribution is 2.27. The quantitative estimate of drug-likeness (QED) is 0.634. The van der Waals surface area contributed by atoms with Crippen molar-refractivity contribution in [1.29, 1.82) is 0 Å². The number of carbonyl (C=O) groups excluding carboxylic acids is 3. The van der Waals surface area contributed by atoms with Crippen LogP contribution in [0, 0.1) is 0 Å². The van der Waals surface area contributed by atoms with Crippen LogP contribution in [0.3, 0.4) is 0 Å². The molecule has 4 amide bonds. The van der Waals surface area contributed by atoms with Crippen molar-refractivity contribution in [2.45, 2.75) is 0 Å². The molecule has 7 heteroatoms. The molecule has 1 fully saturated rings. The van der Waals surface area contributed by atoms with E-state index in [-0.39, 0.29) is 5.57 Å². The number of amides is 4. The van der Waals surface area contributed by atoms with Crippen LogP contribution in [0.15, 0.2) is 58.6 Å². The van der Waals surface area contributed by atoms with Gasteiger partial charge in [0.15, 0.2) is 0 Å². The fourth-order valence-electron chi connectivity index (χ4n) is 2.44. The van der Waals surface area contributed by atoms with Gasteiger partial charge in [0.25, 0.3) is 11.8 Å². The number of benzene rings is 2. The summed E-state index contributed by atoms with van der Waals surface area (Å²) in [4.78, 5) is 38.0. The molecule has 6 nitrogen and oxygen atoms in total. The van der Waals surface area contributed by atoms with Crippen LogP contribution in [-0.4, -0.2) is 25.0 Å². The Kier molecular flexibility index (Phi) is 4.67. The van der Waals surface area contributed by atoms with Crippen LogP contribution in [0.4, 0.5) is 10.5 Å². The Labute approximate surface area is 152 Å². The average Bonchev–Trinajstić information content (AvgIpc) is 2.59. The zero-order valence-corrected chi connectivity index (χ0v) is 14.7. The first-order valence-electron chi connectivity index (χ1n) is 7.31. The number of halogens is 1. The summed E-state index contributed by atoms with van der Waals surface area (Å²) in [5.41, 5.74) is 0.766. The lowest BCUT2D eigenvalue weighted by molar-refractivity contribution is -0.122. The summed E-state index contributed by atoms with van der Waals surface area (Å²) in [6, 6.07) is 12.8. The van der Waals surface area contributed by atoms with Crippen molar-refractivity contribution in [1.82, 2.24) is 5.32 Å². The van der Waals surface area contributed by atoms with Crippen molar-refractivity contribution in [3.05, 3.63) is 64.1 Å². The maximum absolute atomic E-state index is 12.8. The van der Waals surface area contributed by atoms with E-state index in [1.54, 1.807) is 48.5 Å². The summed E-state index contributed by atoms with van der Waals surface area (Å²) < 4.78 is 6.02. The Bertz CT molecular complexity index is 893. The number of nitrogens with one attached hydrogen (secondary N) is 1. The zero-order chi connectivity index (χ0) is 18.0. The predicted octanol–water partition coefficient (Wildman–Crippen LogP) is 3.12. The highest BCUT2D eigenvalue weighted by molar-refractivity contribution is 9.10. The fourth-order valence-corrected chi connectivity index (χ4v) is 2.82. The molecule has 1 N–H and O–H groups in total. The Morgan fingerprint density at radius 2 is 1.80 bits per heavy atom. The molecule has 2 aromatic rings. The number of hydrogen-bond donors (Lipinski definition) is 1. The van der Waals surface area contributed by atoms with Gasteiger partial charge in [-0.2, -0.15) is 0 Å². The Balaban J connectivity index is 2.07. The number of nitrogens with zero attached hydrogens (tertiary/aromatic N) is 1. The molecule has 0 radical (unpaired) electrons. The molecule has 0 aromatic heterocycles. The number of urea groups is 1. The molecule has 126 valence electrons. The van der Waals surface area contributed by atoms with Crippen LogP contribution >= 0.6 is 15.9 Å². The fraction of sp³-hybridized carbons (Fsp3) is 0.0556. The summed E-state index contributed by atoms with van der Waals surface area (Å²) >= 11 is 3.34. The van der Waals surface area contributed by atoms with Gasteiger partial charge in [-0.1, -0.05) is 34.1 Å². The third-order valence-electron chi connectivity index (χ3n) is 3.61. The normalized spacial score (nSPS) is 16.2. The van der Waals surface area contributed by atoms with Crippen LogP contribution in [0.1, 0.15) is 5.56 Å². The number of barbiturate groups is 1. The lowest BCUT2D eigenvalue weighted by atomic mass is 10.1. The highest BCUT2D eigenvalue weighted by Gasteiger charge is 2.36. The Hall–Kier alpha value is -2.93. The van der Waals surface area contributed by atoms with Crippen LogP contribution in [0.5, 0.6) is 5.75 Å². The number of imide groups is 2. The Morgan fingerprint density at radius 1 is 1.08 bits per heavy atom. The first-order chi connectivity index (χ1) is 12.0. The van der Waals surface area contributed by atoms with Crippen molar-refractivity contribution >= 4 is 45.5 Å². The lowest BCUT2D eigenvalue weighted by Gasteiger charge is -2.26. The van der Waals surface area contributed by atoms with Gasteiger partial charge in [-0.25, -0.2) is 9.69 Å². The van der Waals surface area contributed by atoms with Gasteiger partial charge in [0.1, 0.15) is 11.3 Å². The van der Waals surface area contributed by atoms with E-state index in [0.29, 0.717) is 17.0 Å². The molecule has 0 saturated carbocycles. The van der Waals surface area contributed by atoms with E-state index in [4.69, 9.17) is 4.74 Å². The molecular formula is C18H13BrN2O4. The van der Waals surface area contributed by atoms with Crippen molar-refractivity contribution in [3.63, 3.8) is 0 Å². The van der Waals surface area contributed by atoms with Crippen molar-refractivity contribution in [2.75, 3.05) is 12.0 Å². The predicted molar refractivity (Wildman–Crippen MR) is 96.1 cm³/mol. The van der Waals surface area contributed by atoms with E-state index < -0.39 is 17.8 Å². The minimum absolute atomic E-state index is 0.153. The van der Waals surface area contributed by atoms with Crippen molar-refractivity contribution < 1.29 is 19.1 Å². The second-order valence-electron chi connectivity index (χ2n) is 5.18. The first-order valence-corrected chi connectivity index (χ1v) is 8.10. The number of para-hydroxylation sites is 1. The monoisotopic (exact) mass is 400 g/mol. The third-order valence-corrected chi connectivity index (χ3v) is 4.10. The molecule has 1 saturated heterocycles. The standard InChI is InChI=1S/C18H13BrN2O4/c1-25-15-8-7-12(19)9-11(15)10-14-16(22)20-18(24)21(17(14)23)13-5-3-2-4-6-13/h2-10H,1H3,(H,20,22,24)/b14-10-. The van der Waals surface area contributed by atoms with E-state index in [1.807, 2.05) is 0 Å². The maximum atomic E-state index is 12.8. The van der Waals surface area contributed by atoms with Gasteiger partial charge in [0.2, 0.25) is 0 Å². The van der Waals surface area contributed by atoms with Crippen LogP contribution in [0.25, 0.3) is 6.08 Å². The molecule has 0 unspecified atom stereocenters. The van der Waals surface area contributed by atoms with Gasteiger partial charge in [-0.3, -0.25) is 14.9 Å². The molecule has 1 aliphatic heterocycles. The van der Waals surface area contributed by atoms with Gasteiger partial charge >= 0.3 is 6.03 Å². The van der Waals surface area contributed by atoms with E-state index in [9.17, 15) is 14.4 Å². The minimum Gasteiger partial charge on any atom is -0.496 e. The molecule has 0 atom stereocenters. The van der Waals surface area contributed by atoms with E-state index >= 15 is 0 Å². The first kappa shape index (κ1) is 16.9. The van der Waals surface area contributed by atoms with Crippen LogP contribution in [0.2, 0.25) is 0 Å². The molecule has 1 aliphatic rings. The molecule has 0 bridgehead atoms. The second-order valence-corrected chi connectivity index (χ2v) is 6.10. The maximum Gasteiger partial charge on any atom is 0.335 e. The summed E-state index contributed by atoms with van der Waals surface area (Å²) in [6.45, 7) is 0. The number of ether oxygens (including phenoxy) is 1. The smallest absolute Gasteiger partial charge is 0.335 e. The van der Waals surface area contributed by atoms with E-state index in [1.165, 1.54) is 13.2 Å². The highest BCUT2D eigenvalue weighted by atomic mass is 79.9. The number of carbonyl (C=O) groups is 3. The van der Waals surface area contributed by atoms with Gasteiger partial charge in [-0.05, 0) is 36.4 Å². The molecule has 0 aliphatic carbocycles. The number of hydrogen-bond acceptors (Lipinski definition) is 4. The molecule has 0 spiro atoms. The topological polar surface area (TPSA) is 75.7 Å². The largest absolute Gasteiger partial charge is 0.496 e. The second kappa shape index (κ2) is 6.90. The van der Waals surface area contributed by atoms with Gasteiger partial charge < -0.3 is 4.74 Å². The Morgan fingerprint density at radius 3 is 2.48 bits per heavy atom. The molecule has 2 aromatic carbocycles. The number of methoxy groups -OCH3 is 1. The van der Waals surface area contributed by atoms with Gasteiger partial charge in [0.05, 0.1) is 12.8 Å². The summed E-state index contributed by atoms with van der Waals surface area (Å²) in [6.07, 6.45) is 1.41. The number of anilines is 1. The molecule has 25 heavy (non-hydrogen) atoms. The zero-order valence-electron chi connectivity index (χ0n) is 13.2. The average molecular weight is 401 g/mol. The minimum atomic E-state index is -0.778. The van der Waals surface area contributed by atoms with E-state index in [2.05, 4.69) is 21.2 Å².